The number of nitrogens with one attached hydrogen (secondary N) is 1. The summed E-state index contributed by atoms with van der Waals surface area (Å²) >= 11 is 1.64. The van der Waals surface area contributed by atoms with Crippen molar-refractivity contribution in [2.75, 3.05) is 5.32 Å². The third-order valence-corrected chi connectivity index (χ3v) is 3.04. The molecule has 0 saturated carbocycles. The van der Waals surface area contributed by atoms with Crippen LogP contribution in [-0.4, -0.2) is 4.98 Å². The fourth-order valence-electron chi connectivity index (χ4n) is 1.55. The summed E-state index contributed by atoms with van der Waals surface area (Å²) in [4.78, 5) is 4.24. The molecule has 1 heterocycles. The standard InChI is InChI=1S/C12H14N2S/c1-2-11(10-6-4-3-5-7-10)14-12-13-8-9-15-12/h3-9,11H,2H2,1H3,(H,13,14). The van der Waals surface area contributed by atoms with E-state index in [9.17, 15) is 0 Å². The van der Waals surface area contributed by atoms with Gasteiger partial charge in [0.2, 0.25) is 0 Å². The lowest BCUT2D eigenvalue weighted by Crippen LogP contribution is -2.08. The van der Waals surface area contributed by atoms with Crippen LogP contribution >= 0.6 is 11.3 Å². The molecular weight excluding hydrogens is 204 g/mol. The number of benzene rings is 1. The van der Waals surface area contributed by atoms with Gasteiger partial charge in [0.05, 0.1) is 6.04 Å². The number of rotatable bonds is 4. The summed E-state index contributed by atoms with van der Waals surface area (Å²) in [5.41, 5.74) is 1.32. The van der Waals surface area contributed by atoms with Gasteiger partial charge < -0.3 is 5.32 Å². The highest BCUT2D eigenvalue weighted by atomic mass is 32.1. The molecule has 0 amide bonds. The lowest BCUT2D eigenvalue weighted by atomic mass is 10.1. The van der Waals surface area contributed by atoms with E-state index in [1.54, 1.807) is 11.3 Å². The second-order valence-electron chi connectivity index (χ2n) is 3.35. The Hall–Kier alpha value is -1.35. The maximum Gasteiger partial charge on any atom is 0.183 e. The van der Waals surface area contributed by atoms with Crippen molar-refractivity contribution in [2.24, 2.45) is 0 Å². The van der Waals surface area contributed by atoms with Crippen LogP contribution in [0.5, 0.6) is 0 Å². The van der Waals surface area contributed by atoms with Crippen molar-refractivity contribution in [1.29, 1.82) is 0 Å². The highest BCUT2D eigenvalue weighted by Gasteiger charge is 2.08. The van der Waals surface area contributed by atoms with Crippen LogP contribution in [0.2, 0.25) is 0 Å². The fraction of sp³-hybridized carbons (Fsp3) is 0.250. The Morgan fingerprint density at radius 3 is 2.73 bits per heavy atom. The molecule has 2 nitrogen and oxygen atoms in total. The van der Waals surface area contributed by atoms with Crippen LogP contribution < -0.4 is 5.32 Å². The molecule has 78 valence electrons. The van der Waals surface area contributed by atoms with Gasteiger partial charge in [0.25, 0.3) is 0 Å². The summed E-state index contributed by atoms with van der Waals surface area (Å²) < 4.78 is 0. The van der Waals surface area contributed by atoms with Gasteiger partial charge >= 0.3 is 0 Å². The minimum absolute atomic E-state index is 0.359. The van der Waals surface area contributed by atoms with Gasteiger partial charge in [-0.2, -0.15) is 0 Å². The Kier molecular flexibility index (Phi) is 3.35. The van der Waals surface area contributed by atoms with Crippen LogP contribution in [0.3, 0.4) is 0 Å². The minimum Gasteiger partial charge on any atom is -0.355 e. The molecule has 1 unspecified atom stereocenters. The highest BCUT2D eigenvalue weighted by molar-refractivity contribution is 7.13. The summed E-state index contributed by atoms with van der Waals surface area (Å²) in [7, 11) is 0. The normalized spacial score (nSPS) is 12.3. The first-order chi connectivity index (χ1) is 7.40. The number of anilines is 1. The molecular formula is C12H14N2S. The van der Waals surface area contributed by atoms with Crippen molar-refractivity contribution in [3.63, 3.8) is 0 Å². The summed E-state index contributed by atoms with van der Waals surface area (Å²) in [6.45, 7) is 2.18. The predicted octanol–water partition coefficient (Wildman–Crippen LogP) is 3.71. The molecule has 0 radical (unpaired) electrons. The highest BCUT2D eigenvalue weighted by Crippen LogP contribution is 2.23. The van der Waals surface area contributed by atoms with Gasteiger partial charge in [-0.15, -0.1) is 11.3 Å². The Morgan fingerprint density at radius 1 is 1.33 bits per heavy atom. The van der Waals surface area contributed by atoms with Crippen LogP contribution in [0.4, 0.5) is 5.13 Å². The fourth-order valence-corrected chi connectivity index (χ4v) is 2.13. The van der Waals surface area contributed by atoms with Crippen molar-refractivity contribution in [3.8, 4) is 0 Å². The van der Waals surface area contributed by atoms with Crippen molar-refractivity contribution in [3.05, 3.63) is 47.5 Å². The number of aromatic nitrogens is 1. The lowest BCUT2D eigenvalue weighted by Gasteiger charge is -2.16. The molecule has 15 heavy (non-hydrogen) atoms. The Bertz CT molecular complexity index is 383. The van der Waals surface area contributed by atoms with Crippen LogP contribution in [0, 0.1) is 0 Å². The van der Waals surface area contributed by atoms with E-state index in [1.165, 1.54) is 5.56 Å². The molecule has 1 N–H and O–H groups in total. The van der Waals surface area contributed by atoms with Gasteiger partial charge in [0, 0.05) is 11.6 Å². The van der Waals surface area contributed by atoms with Gasteiger partial charge in [-0.3, -0.25) is 0 Å². The molecule has 1 aromatic carbocycles. The first-order valence-electron chi connectivity index (χ1n) is 5.11. The monoisotopic (exact) mass is 218 g/mol. The Labute approximate surface area is 94.0 Å². The molecule has 0 saturated heterocycles. The van der Waals surface area contributed by atoms with E-state index in [2.05, 4.69) is 41.5 Å². The van der Waals surface area contributed by atoms with E-state index >= 15 is 0 Å². The summed E-state index contributed by atoms with van der Waals surface area (Å²) in [6, 6.07) is 10.8. The average Bonchev–Trinajstić information content (AvgIpc) is 2.80. The molecule has 1 atom stereocenters. The van der Waals surface area contributed by atoms with E-state index in [-0.39, 0.29) is 0 Å². The van der Waals surface area contributed by atoms with Gasteiger partial charge in [-0.1, -0.05) is 37.3 Å². The molecule has 1 aromatic heterocycles. The maximum absolute atomic E-state index is 4.24. The molecule has 0 bridgehead atoms. The average molecular weight is 218 g/mol. The minimum atomic E-state index is 0.359. The first kappa shape index (κ1) is 10.2. The van der Waals surface area contributed by atoms with Crippen LogP contribution in [0.25, 0.3) is 0 Å². The topological polar surface area (TPSA) is 24.9 Å². The van der Waals surface area contributed by atoms with Crippen molar-refractivity contribution >= 4 is 16.5 Å². The Balaban J connectivity index is 2.12. The Morgan fingerprint density at radius 2 is 2.13 bits per heavy atom. The molecule has 3 heteroatoms. The summed E-state index contributed by atoms with van der Waals surface area (Å²) in [6.07, 6.45) is 2.88. The summed E-state index contributed by atoms with van der Waals surface area (Å²) in [5, 5.41) is 6.41. The second-order valence-corrected chi connectivity index (χ2v) is 4.25. The number of nitrogens with zero attached hydrogens (tertiary/aromatic N) is 1. The van der Waals surface area contributed by atoms with Crippen molar-refractivity contribution in [2.45, 2.75) is 19.4 Å². The zero-order chi connectivity index (χ0) is 10.5. The number of hydrogen-bond donors (Lipinski definition) is 1. The van der Waals surface area contributed by atoms with E-state index in [0.717, 1.165) is 11.6 Å². The zero-order valence-corrected chi connectivity index (χ0v) is 9.50. The van der Waals surface area contributed by atoms with Crippen LogP contribution in [0.1, 0.15) is 24.9 Å². The van der Waals surface area contributed by atoms with Gasteiger partial charge in [0.1, 0.15) is 0 Å². The zero-order valence-electron chi connectivity index (χ0n) is 8.68. The van der Waals surface area contributed by atoms with E-state index in [0.29, 0.717) is 6.04 Å². The SMILES string of the molecule is CCC(Nc1nccs1)c1ccccc1. The molecule has 2 rings (SSSR count). The number of hydrogen-bond acceptors (Lipinski definition) is 3. The van der Waals surface area contributed by atoms with Gasteiger partial charge in [-0.05, 0) is 12.0 Å². The first-order valence-corrected chi connectivity index (χ1v) is 5.99. The van der Waals surface area contributed by atoms with Gasteiger partial charge in [-0.25, -0.2) is 4.98 Å². The molecule has 0 aliphatic heterocycles. The van der Waals surface area contributed by atoms with Crippen LogP contribution in [0.15, 0.2) is 41.9 Å². The summed E-state index contributed by atoms with van der Waals surface area (Å²) in [5.74, 6) is 0. The molecule has 2 aromatic rings. The number of thiazole rings is 1. The third-order valence-electron chi connectivity index (χ3n) is 2.34. The van der Waals surface area contributed by atoms with Crippen molar-refractivity contribution in [1.82, 2.24) is 4.98 Å². The van der Waals surface area contributed by atoms with Gasteiger partial charge in [0.15, 0.2) is 5.13 Å². The quantitative estimate of drug-likeness (QED) is 0.846. The molecule has 0 fully saturated rings. The molecule has 0 aliphatic rings. The molecule has 0 spiro atoms. The predicted molar refractivity (Wildman–Crippen MR) is 65.2 cm³/mol. The lowest BCUT2D eigenvalue weighted by molar-refractivity contribution is 0.748. The second kappa shape index (κ2) is 4.94. The van der Waals surface area contributed by atoms with E-state index in [1.807, 2.05) is 17.6 Å². The third kappa shape index (κ3) is 2.57. The maximum atomic E-state index is 4.24. The van der Waals surface area contributed by atoms with E-state index in [4.69, 9.17) is 0 Å². The van der Waals surface area contributed by atoms with Crippen LogP contribution in [-0.2, 0) is 0 Å². The smallest absolute Gasteiger partial charge is 0.183 e. The molecule has 0 aliphatic carbocycles. The van der Waals surface area contributed by atoms with E-state index < -0.39 is 0 Å². The van der Waals surface area contributed by atoms with Crippen molar-refractivity contribution < 1.29 is 0 Å². The largest absolute Gasteiger partial charge is 0.355 e.